The van der Waals surface area contributed by atoms with E-state index in [9.17, 15) is 19.5 Å². The number of aromatic nitrogens is 2. The van der Waals surface area contributed by atoms with Crippen molar-refractivity contribution in [3.05, 3.63) is 53.1 Å². The smallest absolute Gasteiger partial charge is 0.410 e. The molecule has 2 aromatic rings. The quantitative estimate of drug-likeness (QED) is 0.614. The number of hydrogen-bond donors (Lipinski definition) is 1. The van der Waals surface area contributed by atoms with E-state index >= 15 is 0 Å². The zero-order valence-corrected chi connectivity index (χ0v) is 21.5. The summed E-state index contributed by atoms with van der Waals surface area (Å²) in [5.41, 5.74) is 0.986. The second kappa shape index (κ2) is 11.4. The molecule has 1 N–H and O–H groups in total. The zero-order valence-electron chi connectivity index (χ0n) is 21.5. The van der Waals surface area contributed by atoms with Crippen LogP contribution in [0.3, 0.4) is 0 Å². The number of hydrogen-bond acceptors (Lipinski definition) is 7. The highest BCUT2D eigenvalue weighted by Gasteiger charge is 2.29. The summed E-state index contributed by atoms with van der Waals surface area (Å²) in [5, 5.41) is 9.36. The van der Waals surface area contributed by atoms with Crippen LogP contribution in [0.25, 0.3) is 0 Å². The molecule has 2 amide bonds. The van der Waals surface area contributed by atoms with E-state index in [1.165, 1.54) is 11.1 Å². The summed E-state index contributed by atoms with van der Waals surface area (Å²) < 4.78 is 10.6. The summed E-state index contributed by atoms with van der Waals surface area (Å²) in [6, 6.07) is 7.10. The van der Waals surface area contributed by atoms with Crippen LogP contribution in [0, 0.1) is 6.92 Å². The lowest BCUT2D eigenvalue weighted by atomic mass is 9.96. The molecule has 0 saturated carbocycles. The molecule has 2 heterocycles. The molecule has 1 aliphatic heterocycles. The van der Waals surface area contributed by atoms with Crippen molar-refractivity contribution in [1.29, 1.82) is 0 Å². The van der Waals surface area contributed by atoms with Crippen molar-refractivity contribution in [3.63, 3.8) is 0 Å². The van der Waals surface area contributed by atoms with Gasteiger partial charge in [-0.05, 0) is 58.2 Å². The number of amides is 2. The van der Waals surface area contributed by atoms with Crippen molar-refractivity contribution in [2.45, 2.75) is 58.6 Å². The third kappa shape index (κ3) is 7.16. The van der Waals surface area contributed by atoms with E-state index in [4.69, 9.17) is 9.47 Å². The largest absolute Gasteiger partial charge is 0.497 e. The number of aliphatic carboxylic acids is 1. The van der Waals surface area contributed by atoms with Gasteiger partial charge in [-0.3, -0.25) is 9.59 Å². The van der Waals surface area contributed by atoms with Crippen molar-refractivity contribution in [2.75, 3.05) is 26.7 Å². The maximum atomic E-state index is 13.2. The van der Waals surface area contributed by atoms with E-state index in [-0.39, 0.29) is 24.1 Å². The van der Waals surface area contributed by atoms with Gasteiger partial charge in [0.25, 0.3) is 5.91 Å². The van der Waals surface area contributed by atoms with Crippen molar-refractivity contribution >= 4 is 18.0 Å². The summed E-state index contributed by atoms with van der Waals surface area (Å²) in [4.78, 5) is 49.0. The Hall–Kier alpha value is -3.69. The average molecular weight is 499 g/mol. The Morgan fingerprint density at radius 3 is 2.31 bits per heavy atom. The molecule has 0 aliphatic carbocycles. The molecule has 1 aromatic carbocycles. The molecule has 0 unspecified atom stereocenters. The van der Waals surface area contributed by atoms with Crippen LogP contribution >= 0.6 is 0 Å². The Labute approximate surface area is 211 Å². The van der Waals surface area contributed by atoms with Crippen LogP contribution in [0.2, 0.25) is 0 Å². The van der Waals surface area contributed by atoms with Gasteiger partial charge in [-0.25, -0.2) is 14.8 Å². The van der Waals surface area contributed by atoms with E-state index in [1.54, 1.807) is 43.2 Å². The van der Waals surface area contributed by atoms with Gasteiger partial charge in [-0.2, -0.15) is 0 Å². The number of rotatable bonds is 7. The molecule has 10 heteroatoms. The summed E-state index contributed by atoms with van der Waals surface area (Å²) in [5.74, 6) is -0.207. The highest BCUT2D eigenvalue weighted by atomic mass is 16.6. The van der Waals surface area contributed by atoms with Crippen molar-refractivity contribution in [2.24, 2.45) is 0 Å². The van der Waals surface area contributed by atoms with Crippen LogP contribution in [0.4, 0.5) is 4.79 Å². The fourth-order valence-electron chi connectivity index (χ4n) is 4.02. The fourth-order valence-corrected chi connectivity index (χ4v) is 4.02. The number of carbonyl (C=O) groups is 3. The van der Waals surface area contributed by atoms with Crippen LogP contribution in [0.1, 0.15) is 67.0 Å². The van der Waals surface area contributed by atoms with Gasteiger partial charge in [0.2, 0.25) is 0 Å². The van der Waals surface area contributed by atoms with E-state index in [0.29, 0.717) is 43.2 Å². The van der Waals surface area contributed by atoms with E-state index < -0.39 is 24.0 Å². The normalized spacial score (nSPS) is 14.3. The molecule has 3 rings (SSSR count). The van der Waals surface area contributed by atoms with Gasteiger partial charge in [0.05, 0.1) is 18.4 Å². The average Bonchev–Trinajstić information content (AvgIpc) is 2.82. The Kier molecular flexibility index (Phi) is 8.49. The third-order valence-electron chi connectivity index (χ3n) is 5.89. The van der Waals surface area contributed by atoms with Gasteiger partial charge in [0, 0.05) is 31.7 Å². The summed E-state index contributed by atoms with van der Waals surface area (Å²) >= 11 is 0. The number of likely N-dealkylation sites (tertiary alicyclic amines) is 1. The standard InChI is InChI=1S/C26H34N4O6/c1-17-21(24(33)30(16-22(31)32)15-18-6-8-20(35-5)9-7-18)14-27-23(28-17)19-10-12-29(13-11-19)25(34)36-26(2,3)4/h6-9,14,19H,10-13,15-16H2,1-5H3,(H,31,32). The first kappa shape index (κ1) is 26.9. The SMILES string of the molecule is COc1ccc(CN(CC(=O)O)C(=O)c2cnc(C3CCN(C(=O)OC(C)(C)C)CC3)nc2C)cc1. The van der Waals surface area contributed by atoms with Crippen LogP contribution < -0.4 is 4.74 Å². The minimum absolute atomic E-state index is 0.0564. The lowest BCUT2D eigenvalue weighted by molar-refractivity contribution is -0.137. The zero-order chi connectivity index (χ0) is 26.5. The van der Waals surface area contributed by atoms with Crippen molar-refractivity contribution < 1.29 is 29.0 Å². The monoisotopic (exact) mass is 498 g/mol. The highest BCUT2D eigenvalue weighted by Crippen LogP contribution is 2.27. The van der Waals surface area contributed by atoms with Gasteiger partial charge in [-0.1, -0.05) is 12.1 Å². The minimum atomic E-state index is -1.11. The summed E-state index contributed by atoms with van der Waals surface area (Å²) in [6.07, 6.45) is 2.53. The number of aryl methyl sites for hydroxylation is 1. The number of nitrogens with zero attached hydrogens (tertiary/aromatic N) is 4. The predicted molar refractivity (Wildman–Crippen MR) is 132 cm³/mol. The first-order chi connectivity index (χ1) is 17.0. The molecular formula is C26H34N4O6. The van der Waals surface area contributed by atoms with Crippen LogP contribution in [0.15, 0.2) is 30.5 Å². The second-order valence-corrected chi connectivity index (χ2v) is 9.87. The lowest BCUT2D eigenvalue weighted by Crippen LogP contribution is -2.41. The maximum absolute atomic E-state index is 13.2. The first-order valence-electron chi connectivity index (χ1n) is 11.9. The molecule has 0 atom stereocenters. The molecule has 1 saturated heterocycles. The van der Waals surface area contributed by atoms with E-state index in [0.717, 1.165) is 5.56 Å². The van der Waals surface area contributed by atoms with Gasteiger partial charge in [-0.15, -0.1) is 0 Å². The van der Waals surface area contributed by atoms with Crippen LogP contribution in [-0.2, 0) is 16.1 Å². The molecule has 36 heavy (non-hydrogen) atoms. The molecule has 194 valence electrons. The topological polar surface area (TPSA) is 122 Å². The third-order valence-corrected chi connectivity index (χ3v) is 5.89. The van der Waals surface area contributed by atoms with Gasteiger partial charge >= 0.3 is 12.1 Å². The second-order valence-electron chi connectivity index (χ2n) is 9.87. The number of carboxylic acid groups (broad SMARTS) is 1. The minimum Gasteiger partial charge on any atom is -0.497 e. The highest BCUT2D eigenvalue weighted by molar-refractivity contribution is 5.96. The molecule has 1 aliphatic rings. The molecule has 0 spiro atoms. The fraction of sp³-hybridized carbons (Fsp3) is 0.500. The molecule has 10 nitrogen and oxygen atoms in total. The van der Waals surface area contributed by atoms with Gasteiger partial charge < -0.3 is 24.4 Å². The molecule has 0 radical (unpaired) electrons. The Morgan fingerprint density at radius 1 is 1.14 bits per heavy atom. The van der Waals surface area contributed by atoms with Crippen LogP contribution in [-0.4, -0.2) is 75.2 Å². The Bertz CT molecular complexity index is 1090. The van der Waals surface area contributed by atoms with Gasteiger partial charge in [0.1, 0.15) is 23.7 Å². The number of benzene rings is 1. The molecule has 0 bridgehead atoms. The van der Waals surface area contributed by atoms with E-state index in [2.05, 4.69) is 9.97 Å². The Morgan fingerprint density at radius 2 is 1.78 bits per heavy atom. The number of carboxylic acids is 1. The maximum Gasteiger partial charge on any atom is 0.410 e. The van der Waals surface area contributed by atoms with Crippen molar-refractivity contribution in [3.8, 4) is 5.75 Å². The number of methoxy groups -OCH3 is 1. The summed E-state index contributed by atoms with van der Waals surface area (Å²) in [6.45, 7) is 7.99. The van der Waals surface area contributed by atoms with Crippen molar-refractivity contribution in [1.82, 2.24) is 19.8 Å². The molecule has 1 fully saturated rings. The summed E-state index contributed by atoms with van der Waals surface area (Å²) in [7, 11) is 1.56. The Balaban J connectivity index is 1.69. The lowest BCUT2D eigenvalue weighted by Gasteiger charge is -2.33. The predicted octanol–water partition coefficient (Wildman–Crippen LogP) is 3.64. The number of carbonyl (C=O) groups excluding carboxylic acids is 2. The molecule has 1 aromatic heterocycles. The van der Waals surface area contributed by atoms with Gasteiger partial charge in [0.15, 0.2) is 0 Å². The molecular weight excluding hydrogens is 464 g/mol. The number of ether oxygens (including phenoxy) is 2. The number of piperidine rings is 1. The van der Waals surface area contributed by atoms with E-state index in [1.807, 2.05) is 20.8 Å². The van der Waals surface area contributed by atoms with Crippen LogP contribution in [0.5, 0.6) is 5.75 Å². The first-order valence-corrected chi connectivity index (χ1v) is 11.9.